The second kappa shape index (κ2) is 9.82. The van der Waals surface area contributed by atoms with Crippen molar-refractivity contribution >= 4 is 22.6 Å². The minimum atomic E-state index is -0.437. The summed E-state index contributed by atoms with van der Waals surface area (Å²) in [4.78, 5) is 0. The Labute approximate surface area is 146 Å². The smallest absolute Gasteiger partial charge is 0.0839 e. The number of hydrogen-bond acceptors (Lipinski definition) is 4. The Morgan fingerprint density at radius 3 is 2.68 bits per heavy atom. The van der Waals surface area contributed by atoms with Crippen molar-refractivity contribution in [1.82, 2.24) is 0 Å². The number of hydrogen-bond donors (Lipinski definition) is 2. The molecule has 1 aliphatic heterocycles. The summed E-state index contributed by atoms with van der Waals surface area (Å²) >= 11 is 2.21. The van der Waals surface area contributed by atoms with Gasteiger partial charge in [-0.1, -0.05) is 52.9 Å². The number of aliphatic hydroxyl groups is 2. The number of rotatable bonds is 9. The summed E-state index contributed by atoms with van der Waals surface area (Å²) in [6.45, 7) is 1.39. The van der Waals surface area contributed by atoms with Gasteiger partial charge in [0.05, 0.1) is 35.5 Å². The topological polar surface area (TPSA) is 58.9 Å². The molecule has 5 heteroatoms. The van der Waals surface area contributed by atoms with Crippen LogP contribution in [0.25, 0.3) is 0 Å². The molecule has 1 saturated heterocycles. The van der Waals surface area contributed by atoms with Crippen molar-refractivity contribution in [1.29, 1.82) is 0 Å². The predicted molar refractivity (Wildman–Crippen MR) is 94.1 cm³/mol. The van der Waals surface area contributed by atoms with Crippen molar-refractivity contribution in [3.05, 3.63) is 35.9 Å². The average Bonchev–Trinajstić information content (AvgIpc) is 3.04. The molecule has 0 amide bonds. The molecule has 4 nitrogen and oxygen atoms in total. The third-order valence-electron chi connectivity index (χ3n) is 3.99. The molecular weight excluding hydrogens is 395 g/mol. The van der Waals surface area contributed by atoms with E-state index < -0.39 is 6.10 Å². The van der Waals surface area contributed by atoms with E-state index >= 15 is 0 Å². The molecule has 2 N–H and O–H groups in total. The van der Waals surface area contributed by atoms with Crippen LogP contribution in [0.4, 0.5) is 0 Å². The SMILES string of the molecule is OC[C@H](I)[C@H]1CC[C@H]([C@H](O)CCCOCc2ccccc2)O1. The summed E-state index contributed by atoms with van der Waals surface area (Å²) in [7, 11) is 0. The molecule has 0 spiro atoms. The fraction of sp³-hybridized carbons (Fsp3) is 0.647. The molecule has 1 aromatic rings. The summed E-state index contributed by atoms with van der Waals surface area (Å²) in [5.74, 6) is 0. The lowest BCUT2D eigenvalue weighted by molar-refractivity contribution is -0.0417. The van der Waals surface area contributed by atoms with Gasteiger partial charge >= 0.3 is 0 Å². The monoisotopic (exact) mass is 420 g/mol. The molecule has 4 atom stereocenters. The fourth-order valence-corrected chi connectivity index (χ4v) is 3.23. The highest BCUT2D eigenvalue weighted by Crippen LogP contribution is 2.28. The van der Waals surface area contributed by atoms with E-state index in [9.17, 15) is 5.11 Å². The van der Waals surface area contributed by atoms with Gasteiger partial charge in [-0.2, -0.15) is 0 Å². The molecule has 1 aliphatic rings. The standard InChI is InChI=1S/C17H25IO4/c18-14(11-19)16-8-9-17(22-16)15(20)7-4-10-21-12-13-5-2-1-3-6-13/h1-3,5-6,14-17,19-20H,4,7-12H2/t14-,15+,16+,17+/m0/s1. The molecule has 0 bridgehead atoms. The molecule has 124 valence electrons. The average molecular weight is 420 g/mol. The number of ether oxygens (including phenoxy) is 2. The van der Waals surface area contributed by atoms with Crippen molar-refractivity contribution < 1.29 is 19.7 Å². The quantitative estimate of drug-likeness (QED) is 0.367. The molecule has 0 unspecified atom stereocenters. The Bertz CT molecular complexity index is 414. The molecular formula is C17H25IO4. The fourth-order valence-electron chi connectivity index (χ4n) is 2.70. The third kappa shape index (κ3) is 5.77. The van der Waals surface area contributed by atoms with Crippen LogP contribution in [0.5, 0.6) is 0 Å². The van der Waals surface area contributed by atoms with E-state index in [0.717, 1.165) is 19.3 Å². The Balaban J connectivity index is 1.57. The van der Waals surface area contributed by atoms with Gasteiger partial charge in [-0.05, 0) is 31.2 Å². The second-order valence-corrected chi connectivity index (χ2v) is 7.34. The number of aliphatic hydroxyl groups excluding tert-OH is 2. The molecule has 0 aliphatic carbocycles. The summed E-state index contributed by atoms with van der Waals surface area (Å²) in [6.07, 6.45) is 2.84. The first-order valence-electron chi connectivity index (χ1n) is 7.91. The van der Waals surface area contributed by atoms with Gasteiger partial charge < -0.3 is 19.7 Å². The zero-order valence-electron chi connectivity index (χ0n) is 12.7. The van der Waals surface area contributed by atoms with Gasteiger partial charge in [-0.25, -0.2) is 0 Å². The zero-order valence-corrected chi connectivity index (χ0v) is 14.9. The van der Waals surface area contributed by atoms with Crippen LogP contribution in [-0.4, -0.2) is 45.7 Å². The first-order valence-corrected chi connectivity index (χ1v) is 9.15. The van der Waals surface area contributed by atoms with Crippen LogP contribution in [-0.2, 0) is 16.1 Å². The van der Waals surface area contributed by atoms with E-state index in [2.05, 4.69) is 22.6 Å². The van der Waals surface area contributed by atoms with Crippen LogP contribution in [0.15, 0.2) is 30.3 Å². The lowest BCUT2D eigenvalue weighted by Crippen LogP contribution is -2.30. The Kier molecular flexibility index (Phi) is 8.10. The van der Waals surface area contributed by atoms with E-state index in [4.69, 9.17) is 14.6 Å². The molecule has 22 heavy (non-hydrogen) atoms. The van der Waals surface area contributed by atoms with Crippen LogP contribution in [0.2, 0.25) is 0 Å². The van der Waals surface area contributed by atoms with Crippen molar-refractivity contribution in [3.8, 4) is 0 Å². The van der Waals surface area contributed by atoms with Gasteiger partial charge in [0, 0.05) is 6.61 Å². The van der Waals surface area contributed by atoms with E-state index in [1.165, 1.54) is 5.56 Å². The molecule has 0 aromatic heterocycles. The Morgan fingerprint density at radius 1 is 1.23 bits per heavy atom. The zero-order chi connectivity index (χ0) is 15.8. The normalized spacial score (nSPS) is 24.3. The lowest BCUT2D eigenvalue weighted by atomic mass is 10.1. The summed E-state index contributed by atoms with van der Waals surface area (Å²) in [5, 5.41) is 19.3. The minimum Gasteiger partial charge on any atom is -0.395 e. The van der Waals surface area contributed by atoms with E-state index in [1.807, 2.05) is 30.3 Å². The van der Waals surface area contributed by atoms with Gasteiger partial charge in [0.25, 0.3) is 0 Å². The van der Waals surface area contributed by atoms with E-state index in [1.54, 1.807) is 0 Å². The van der Waals surface area contributed by atoms with Crippen LogP contribution in [0.3, 0.4) is 0 Å². The van der Waals surface area contributed by atoms with Crippen LogP contribution in [0.1, 0.15) is 31.2 Å². The molecule has 2 rings (SSSR count). The van der Waals surface area contributed by atoms with Crippen molar-refractivity contribution in [2.24, 2.45) is 0 Å². The molecule has 1 aromatic carbocycles. The maximum atomic E-state index is 10.2. The van der Waals surface area contributed by atoms with Crippen molar-refractivity contribution in [3.63, 3.8) is 0 Å². The van der Waals surface area contributed by atoms with Gasteiger partial charge in [0.2, 0.25) is 0 Å². The van der Waals surface area contributed by atoms with Crippen LogP contribution < -0.4 is 0 Å². The highest BCUT2D eigenvalue weighted by molar-refractivity contribution is 14.1. The van der Waals surface area contributed by atoms with Gasteiger partial charge in [-0.3, -0.25) is 0 Å². The van der Waals surface area contributed by atoms with Gasteiger partial charge in [-0.15, -0.1) is 0 Å². The van der Waals surface area contributed by atoms with Crippen LogP contribution in [0, 0.1) is 0 Å². The molecule has 1 heterocycles. The first kappa shape index (κ1) is 18.1. The number of alkyl halides is 1. The molecule has 0 radical (unpaired) electrons. The minimum absolute atomic E-state index is 0.0691. The number of halogens is 1. The maximum Gasteiger partial charge on any atom is 0.0839 e. The van der Waals surface area contributed by atoms with Crippen LogP contribution >= 0.6 is 22.6 Å². The largest absolute Gasteiger partial charge is 0.395 e. The maximum absolute atomic E-state index is 10.2. The van der Waals surface area contributed by atoms with E-state index in [0.29, 0.717) is 19.6 Å². The van der Waals surface area contributed by atoms with Crippen molar-refractivity contribution in [2.75, 3.05) is 13.2 Å². The summed E-state index contributed by atoms with van der Waals surface area (Å²) < 4.78 is 11.6. The highest BCUT2D eigenvalue weighted by atomic mass is 127. The summed E-state index contributed by atoms with van der Waals surface area (Å²) in [6, 6.07) is 10.1. The highest BCUT2D eigenvalue weighted by Gasteiger charge is 2.33. The second-order valence-electron chi connectivity index (χ2n) is 5.74. The molecule has 1 fully saturated rings. The Hall–Kier alpha value is -0.210. The Morgan fingerprint density at radius 2 is 1.95 bits per heavy atom. The van der Waals surface area contributed by atoms with E-state index in [-0.39, 0.29) is 22.7 Å². The third-order valence-corrected chi connectivity index (χ3v) is 5.19. The first-order chi connectivity index (χ1) is 10.7. The number of benzene rings is 1. The van der Waals surface area contributed by atoms with Crippen molar-refractivity contribution in [2.45, 2.75) is 54.5 Å². The molecule has 0 saturated carbocycles. The van der Waals surface area contributed by atoms with Gasteiger partial charge in [0.1, 0.15) is 0 Å². The van der Waals surface area contributed by atoms with Gasteiger partial charge in [0.15, 0.2) is 0 Å². The lowest BCUT2D eigenvalue weighted by Gasteiger charge is -2.21. The predicted octanol–water partition coefficient (Wildman–Crippen LogP) is 2.69. The summed E-state index contributed by atoms with van der Waals surface area (Å²) in [5.41, 5.74) is 1.17.